The molecule has 1 saturated heterocycles. The van der Waals surface area contributed by atoms with Crippen molar-refractivity contribution in [3.05, 3.63) is 52.2 Å². The fraction of sp³-hybridized carbons (Fsp3) is 0.389. The second-order valence-corrected chi connectivity index (χ2v) is 6.60. The van der Waals surface area contributed by atoms with Gasteiger partial charge in [0.2, 0.25) is 0 Å². The molecule has 116 valence electrons. The summed E-state index contributed by atoms with van der Waals surface area (Å²) in [6.07, 6.45) is 2.10. The van der Waals surface area contributed by atoms with Gasteiger partial charge < -0.3 is 9.64 Å². The summed E-state index contributed by atoms with van der Waals surface area (Å²) in [6, 6.07) is 10.0. The summed E-state index contributed by atoms with van der Waals surface area (Å²) in [4.78, 5) is 14.2. The van der Waals surface area contributed by atoms with Crippen molar-refractivity contribution in [3.8, 4) is 5.75 Å². The van der Waals surface area contributed by atoms with Gasteiger partial charge in [0.05, 0.1) is 0 Å². The van der Waals surface area contributed by atoms with Crippen LogP contribution in [0.15, 0.2) is 41.1 Å². The first kappa shape index (κ1) is 15.1. The lowest BCUT2D eigenvalue weighted by Gasteiger charge is -2.31. The monoisotopic (exact) mass is 315 g/mol. The number of ether oxygens (including phenoxy) is 1. The highest BCUT2D eigenvalue weighted by molar-refractivity contribution is 7.07. The number of aryl methyl sites for hydroxylation is 1. The molecule has 3 rings (SSSR count). The van der Waals surface area contributed by atoms with E-state index in [0.29, 0.717) is 5.92 Å². The van der Waals surface area contributed by atoms with E-state index in [1.54, 1.807) is 11.3 Å². The van der Waals surface area contributed by atoms with Crippen LogP contribution in [-0.4, -0.2) is 30.5 Å². The van der Waals surface area contributed by atoms with Crippen molar-refractivity contribution in [2.75, 3.05) is 19.7 Å². The SMILES string of the molecule is Cc1cccc(OCC(=O)N2CCC(c3ccsc3)CC2)c1. The molecule has 0 unspecified atom stereocenters. The molecular weight excluding hydrogens is 294 g/mol. The Morgan fingerprint density at radius 2 is 2.14 bits per heavy atom. The van der Waals surface area contributed by atoms with E-state index >= 15 is 0 Å². The Kier molecular flexibility index (Phi) is 4.78. The second kappa shape index (κ2) is 6.97. The molecule has 2 aromatic rings. The normalized spacial score (nSPS) is 15.8. The lowest BCUT2D eigenvalue weighted by atomic mass is 9.91. The van der Waals surface area contributed by atoms with Crippen LogP contribution in [0, 0.1) is 6.92 Å². The summed E-state index contributed by atoms with van der Waals surface area (Å²) in [5.41, 5.74) is 2.56. The van der Waals surface area contributed by atoms with Crippen LogP contribution in [0.3, 0.4) is 0 Å². The Balaban J connectivity index is 1.48. The topological polar surface area (TPSA) is 29.5 Å². The second-order valence-electron chi connectivity index (χ2n) is 5.82. The molecule has 1 aromatic carbocycles. The van der Waals surface area contributed by atoms with Crippen LogP contribution in [0.5, 0.6) is 5.75 Å². The molecule has 1 amide bonds. The van der Waals surface area contributed by atoms with E-state index in [-0.39, 0.29) is 12.5 Å². The summed E-state index contributed by atoms with van der Waals surface area (Å²) in [5, 5.41) is 4.35. The minimum atomic E-state index is 0.0882. The summed E-state index contributed by atoms with van der Waals surface area (Å²) in [5.74, 6) is 1.46. The van der Waals surface area contributed by atoms with Crippen molar-refractivity contribution in [1.29, 1.82) is 0 Å². The smallest absolute Gasteiger partial charge is 0.260 e. The van der Waals surface area contributed by atoms with Gasteiger partial charge in [-0.2, -0.15) is 11.3 Å². The largest absolute Gasteiger partial charge is 0.484 e. The van der Waals surface area contributed by atoms with Crippen LogP contribution in [0.2, 0.25) is 0 Å². The Morgan fingerprint density at radius 3 is 2.82 bits per heavy atom. The predicted molar refractivity (Wildman–Crippen MR) is 89.5 cm³/mol. The van der Waals surface area contributed by atoms with Gasteiger partial charge in [0, 0.05) is 13.1 Å². The number of nitrogens with zero attached hydrogens (tertiary/aromatic N) is 1. The zero-order chi connectivity index (χ0) is 15.4. The molecule has 0 saturated carbocycles. The fourth-order valence-corrected chi connectivity index (χ4v) is 3.65. The van der Waals surface area contributed by atoms with Crippen LogP contribution < -0.4 is 4.74 Å². The third-order valence-electron chi connectivity index (χ3n) is 4.21. The maximum absolute atomic E-state index is 12.3. The van der Waals surface area contributed by atoms with E-state index in [9.17, 15) is 4.79 Å². The van der Waals surface area contributed by atoms with Crippen molar-refractivity contribution in [2.24, 2.45) is 0 Å². The van der Waals surface area contributed by atoms with Crippen molar-refractivity contribution in [1.82, 2.24) is 4.90 Å². The van der Waals surface area contributed by atoms with Gasteiger partial charge >= 0.3 is 0 Å². The average Bonchev–Trinajstić information content (AvgIpc) is 3.07. The number of hydrogen-bond donors (Lipinski definition) is 0. The Morgan fingerprint density at radius 1 is 1.32 bits per heavy atom. The van der Waals surface area contributed by atoms with E-state index in [2.05, 4.69) is 16.8 Å². The molecule has 1 aliphatic heterocycles. The average molecular weight is 315 g/mol. The van der Waals surface area contributed by atoms with Gasteiger partial charge in [-0.1, -0.05) is 12.1 Å². The van der Waals surface area contributed by atoms with Gasteiger partial charge in [-0.25, -0.2) is 0 Å². The van der Waals surface area contributed by atoms with Gasteiger partial charge in [-0.3, -0.25) is 4.79 Å². The van der Waals surface area contributed by atoms with Gasteiger partial charge in [0.15, 0.2) is 6.61 Å². The standard InChI is InChI=1S/C18H21NO2S/c1-14-3-2-4-17(11-14)21-12-18(20)19-8-5-15(6-9-19)16-7-10-22-13-16/h2-4,7,10-11,13,15H,5-6,8-9,12H2,1H3. The molecule has 2 heterocycles. The van der Waals surface area contributed by atoms with Gasteiger partial charge in [0.25, 0.3) is 5.91 Å². The van der Waals surface area contributed by atoms with Crippen LogP contribution in [0.1, 0.15) is 29.9 Å². The summed E-state index contributed by atoms with van der Waals surface area (Å²) < 4.78 is 5.61. The lowest BCUT2D eigenvalue weighted by Crippen LogP contribution is -2.40. The van der Waals surface area contributed by atoms with Gasteiger partial charge in [0.1, 0.15) is 5.75 Å². The first-order valence-electron chi connectivity index (χ1n) is 7.72. The number of hydrogen-bond acceptors (Lipinski definition) is 3. The molecule has 22 heavy (non-hydrogen) atoms. The molecule has 1 fully saturated rings. The molecule has 0 N–H and O–H groups in total. The zero-order valence-electron chi connectivity index (χ0n) is 12.8. The van der Waals surface area contributed by atoms with E-state index in [0.717, 1.165) is 37.2 Å². The molecule has 0 bridgehead atoms. The lowest BCUT2D eigenvalue weighted by molar-refractivity contribution is -0.134. The van der Waals surface area contributed by atoms with Crippen molar-refractivity contribution < 1.29 is 9.53 Å². The summed E-state index contributed by atoms with van der Waals surface area (Å²) >= 11 is 1.75. The molecule has 0 spiro atoms. The zero-order valence-corrected chi connectivity index (χ0v) is 13.6. The number of amides is 1. The third-order valence-corrected chi connectivity index (χ3v) is 4.92. The maximum atomic E-state index is 12.3. The van der Waals surface area contributed by atoms with Crippen molar-refractivity contribution in [2.45, 2.75) is 25.7 Å². The highest BCUT2D eigenvalue weighted by atomic mass is 32.1. The number of benzene rings is 1. The van der Waals surface area contributed by atoms with Crippen LogP contribution in [0.4, 0.5) is 0 Å². The van der Waals surface area contributed by atoms with Crippen LogP contribution in [0.25, 0.3) is 0 Å². The Labute approximate surface area is 135 Å². The first-order chi connectivity index (χ1) is 10.7. The maximum Gasteiger partial charge on any atom is 0.260 e. The third kappa shape index (κ3) is 3.69. The van der Waals surface area contributed by atoms with Gasteiger partial charge in [-0.05, 0) is 65.8 Å². The minimum absolute atomic E-state index is 0.0882. The molecule has 1 aromatic heterocycles. The molecule has 0 aliphatic carbocycles. The number of carbonyl (C=O) groups excluding carboxylic acids is 1. The number of likely N-dealkylation sites (tertiary alicyclic amines) is 1. The molecule has 0 atom stereocenters. The van der Waals surface area contributed by atoms with E-state index in [1.807, 2.05) is 36.1 Å². The highest BCUT2D eigenvalue weighted by Gasteiger charge is 2.24. The fourth-order valence-electron chi connectivity index (χ4n) is 2.91. The predicted octanol–water partition coefficient (Wildman–Crippen LogP) is 3.84. The number of piperidine rings is 1. The number of rotatable bonds is 4. The molecule has 1 aliphatic rings. The summed E-state index contributed by atoms with van der Waals surface area (Å²) in [7, 11) is 0. The summed E-state index contributed by atoms with van der Waals surface area (Å²) in [6.45, 7) is 3.81. The number of carbonyl (C=O) groups is 1. The van der Waals surface area contributed by atoms with Crippen LogP contribution in [-0.2, 0) is 4.79 Å². The quantitative estimate of drug-likeness (QED) is 0.858. The van der Waals surface area contributed by atoms with E-state index in [4.69, 9.17) is 4.74 Å². The minimum Gasteiger partial charge on any atom is -0.484 e. The molecule has 4 heteroatoms. The Bertz CT molecular complexity index is 616. The highest BCUT2D eigenvalue weighted by Crippen LogP contribution is 2.29. The molecular formula is C18H21NO2S. The number of thiophene rings is 1. The van der Waals surface area contributed by atoms with Crippen molar-refractivity contribution >= 4 is 17.2 Å². The Hall–Kier alpha value is -1.81. The van der Waals surface area contributed by atoms with E-state index < -0.39 is 0 Å². The van der Waals surface area contributed by atoms with Crippen molar-refractivity contribution in [3.63, 3.8) is 0 Å². The molecule has 0 radical (unpaired) electrons. The van der Waals surface area contributed by atoms with Crippen LogP contribution >= 0.6 is 11.3 Å². The van der Waals surface area contributed by atoms with Gasteiger partial charge in [-0.15, -0.1) is 0 Å². The first-order valence-corrected chi connectivity index (χ1v) is 8.66. The molecule has 3 nitrogen and oxygen atoms in total. The van der Waals surface area contributed by atoms with E-state index in [1.165, 1.54) is 5.56 Å².